The highest BCUT2D eigenvalue weighted by Crippen LogP contribution is 2.33. The first-order chi connectivity index (χ1) is 8.00. The van der Waals surface area contributed by atoms with Gasteiger partial charge in [0.15, 0.2) is 5.96 Å². The molecule has 7 nitrogen and oxygen atoms in total. The maximum atomic E-state index is 8.36. The van der Waals surface area contributed by atoms with Crippen molar-refractivity contribution in [2.45, 2.75) is 18.9 Å². The van der Waals surface area contributed by atoms with Gasteiger partial charge < -0.3 is 16.7 Å². The van der Waals surface area contributed by atoms with E-state index in [0.717, 1.165) is 12.8 Å². The van der Waals surface area contributed by atoms with E-state index in [1.165, 1.54) is 11.1 Å². The molecular formula is C10H14N4O3. The third-order valence-corrected chi connectivity index (χ3v) is 2.41. The average molecular weight is 238 g/mol. The topological polar surface area (TPSA) is 128 Å². The molecule has 1 aromatic carbocycles. The van der Waals surface area contributed by atoms with Gasteiger partial charge in [-0.3, -0.25) is 0 Å². The average Bonchev–Trinajstić information content (AvgIpc) is 2.60. The summed E-state index contributed by atoms with van der Waals surface area (Å²) in [6.45, 7) is 0. The van der Waals surface area contributed by atoms with Gasteiger partial charge in [-0.25, -0.2) is 4.99 Å². The number of hydrogen-bond acceptors (Lipinski definition) is 3. The summed E-state index contributed by atoms with van der Waals surface area (Å²) in [4.78, 5) is 12.6. The van der Waals surface area contributed by atoms with E-state index in [2.05, 4.69) is 23.2 Å². The zero-order valence-corrected chi connectivity index (χ0v) is 9.11. The molecular weight excluding hydrogens is 224 g/mol. The van der Waals surface area contributed by atoms with Gasteiger partial charge in [-0.2, -0.15) is 0 Å². The van der Waals surface area contributed by atoms with Gasteiger partial charge in [0.2, 0.25) is 0 Å². The Morgan fingerprint density at radius 3 is 2.65 bits per heavy atom. The lowest BCUT2D eigenvalue weighted by molar-refractivity contribution is -0.742. The van der Waals surface area contributed by atoms with Gasteiger partial charge in [-0.1, -0.05) is 24.3 Å². The summed E-state index contributed by atoms with van der Waals surface area (Å²) in [6.07, 6.45) is 2.11. The summed E-state index contributed by atoms with van der Waals surface area (Å²) in [5.41, 5.74) is 13.4. The van der Waals surface area contributed by atoms with E-state index < -0.39 is 5.09 Å². The second kappa shape index (κ2) is 5.69. The molecule has 0 saturated carbocycles. The number of guanidine groups is 1. The van der Waals surface area contributed by atoms with Crippen LogP contribution in [0.15, 0.2) is 29.3 Å². The van der Waals surface area contributed by atoms with Crippen LogP contribution in [-0.2, 0) is 6.42 Å². The molecule has 0 saturated heterocycles. The number of fused-ring (bicyclic) bond motifs is 1. The Balaban J connectivity index is 0.000000317. The van der Waals surface area contributed by atoms with Crippen LogP contribution in [0.4, 0.5) is 0 Å². The molecule has 0 amide bonds. The molecule has 0 fully saturated rings. The van der Waals surface area contributed by atoms with Gasteiger partial charge >= 0.3 is 0 Å². The van der Waals surface area contributed by atoms with Crippen molar-refractivity contribution in [1.29, 1.82) is 0 Å². The van der Waals surface area contributed by atoms with Crippen molar-refractivity contribution in [3.63, 3.8) is 0 Å². The van der Waals surface area contributed by atoms with Gasteiger partial charge in [0.1, 0.15) is 0 Å². The SMILES string of the molecule is NC(N)=NC1CCc2ccccc21.O=[N+]([O-])O. The number of nitrogens with two attached hydrogens (primary N) is 2. The molecule has 7 heteroatoms. The lowest BCUT2D eigenvalue weighted by Gasteiger charge is -2.05. The number of rotatable bonds is 1. The van der Waals surface area contributed by atoms with Gasteiger partial charge in [-0.15, -0.1) is 10.1 Å². The van der Waals surface area contributed by atoms with Crippen molar-refractivity contribution in [1.82, 2.24) is 0 Å². The Kier molecular flexibility index (Phi) is 4.27. The van der Waals surface area contributed by atoms with Crippen molar-refractivity contribution in [2.75, 3.05) is 0 Å². The number of hydrogen-bond donors (Lipinski definition) is 3. The van der Waals surface area contributed by atoms with Gasteiger partial charge in [0, 0.05) is 0 Å². The Morgan fingerprint density at radius 1 is 1.47 bits per heavy atom. The second-order valence-electron chi connectivity index (χ2n) is 3.55. The molecule has 2 rings (SSSR count). The largest absolute Gasteiger partial charge is 0.370 e. The molecule has 1 aliphatic carbocycles. The molecule has 1 unspecified atom stereocenters. The monoisotopic (exact) mass is 238 g/mol. The molecule has 1 aromatic rings. The highest BCUT2D eigenvalue weighted by Gasteiger charge is 2.20. The summed E-state index contributed by atoms with van der Waals surface area (Å²) >= 11 is 0. The standard InChI is InChI=1S/C10H13N3.HNO3/c11-10(12)13-9-6-5-7-3-1-2-4-8(7)9;2-1(3)4/h1-4,9H,5-6H2,(H4,11,12,13);(H,2,3,4). The molecule has 1 aliphatic rings. The zero-order chi connectivity index (χ0) is 12.8. The molecule has 0 aliphatic heterocycles. The Bertz CT molecular complexity index is 425. The maximum Gasteiger partial charge on any atom is 0.291 e. The third-order valence-electron chi connectivity index (χ3n) is 2.41. The van der Waals surface area contributed by atoms with Crippen molar-refractivity contribution in [3.05, 3.63) is 45.5 Å². The van der Waals surface area contributed by atoms with Crippen LogP contribution in [0, 0.1) is 10.1 Å². The van der Waals surface area contributed by atoms with Crippen LogP contribution in [0.25, 0.3) is 0 Å². The van der Waals surface area contributed by atoms with Crippen LogP contribution in [0.1, 0.15) is 23.6 Å². The Hall–Kier alpha value is -2.31. The maximum absolute atomic E-state index is 8.36. The van der Waals surface area contributed by atoms with Gasteiger partial charge in [0.05, 0.1) is 6.04 Å². The quantitative estimate of drug-likeness (QED) is 0.285. The molecule has 0 bridgehead atoms. The van der Waals surface area contributed by atoms with Gasteiger partial charge in [-0.05, 0) is 24.0 Å². The summed E-state index contributed by atoms with van der Waals surface area (Å²) in [5, 5.41) is 13.6. The molecule has 0 spiro atoms. The normalized spacial score (nSPS) is 16.4. The van der Waals surface area contributed by atoms with Crippen molar-refractivity contribution in [3.8, 4) is 0 Å². The van der Waals surface area contributed by atoms with E-state index in [9.17, 15) is 0 Å². The lowest BCUT2D eigenvalue weighted by atomic mass is 10.1. The van der Waals surface area contributed by atoms with Crippen LogP contribution in [0.2, 0.25) is 0 Å². The predicted octanol–water partition coefficient (Wildman–Crippen LogP) is 0.600. The Labute approximate surface area is 97.9 Å². The molecule has 0 aromatic heterocycles. The molecule has 17 heavy (non-hydrogen) atoms. The fourth-order valence-electron chi connectivity index (χ4n) is 1.85. The van der Waals surface area contributed by atoms with E-state index in [4.69, 9.17) is 26.8 Å². The molecule has 0 radical (unpaired) electrons. The fraction of sp³-hybridized carbons (Fsp3) is 0.300. The predicted molar refractivity (Wildman–Crippen MR) is 62.1 cm³/mol. The summed E-state index contributed by atoms with van der Waals surface area (Å²) in [7, 11) is 0. The fourth-order valence-corrected chi connectivity index (χ4v) is 1.85. The Morgan fingerprint density at radius 2 is 2.06 bits per heavy atom. The minimum Gasteiger partial charge on any atom is -0.370 e. The first kappa shape index (κ1) is 12.8. The lowest BCUT2D eigenvalue weighted by Crippen LogP contribution is -2.23. The molecule has 5 N–H and O–H groups in total. The molecule has 1 atom stereocenters. The molecule has 92 valence electrons. The van der Waals surface area contributed by atoms with E-state index in [1.807, 2.05) is 6.07 Å². The number of aryl methyl sites for hydroxylation is 1. The van der Waals surface area contributed by atoms with Crippen LogP contribution in [0.3, 0.4) is 0 Å². The second-order valence-corrected chi connectivity index (χ2v) is 3.55. The van der Waals surface area contributed by atoms with Gasteiger partial charge in [0.25, 0.3) is 5.09 Å². The number of aliphatic imine (C=N–C) groups is 1. The zero-order valence-electron chi connectivity index (χ0n) is 9.11. The summed E-state index contributed by atoms with van der Waals surface area (Å²) in [6, 6.07) is 8.49. The molecule has 0 heterocycles. The van der Waals surface area contributed by atoms with E-state index in [1.54, 1.807) is 0 Å². The van der Waals surface area contributed by atoms with E-state index >= 15 is 0 Å². The summed E-state index contributed by atoms with van der Waals surface area (Å²) in [5.74, 6) is 0.182. The minimum atomic E-state index is -1.50. The summed E-state index contributed by atoms with van der Waals surface area (Å²) < 4.78 is 0. The van der Waals surface area contributed by atoms with E-state index in [0.29, 0.717) is 0 Å². The van der Waals surface area contributed by atoms with E-state index in [-0.39, 0.29) is 12.0 Å². The highest BCUT2D eigenvalue weighted by molar-refractivity contribution is 5.76. The van der Waals surface area contributed by atoms with Crippen molar-refractivity contribution >= 4 is 5.96 Å². The van der Waals surface area contributed by atoms with Crippen molar-refractivity contribution in [2.24, 2.45) is 16.5 Å². The highest BCUT2D eigenvalue weighted by atomic mass is 16.9. The van der Waals surface area contributed by atoms with Crippen LogP contribution in [-0.4, -0.2) is 16.3 Å². The first-order valence-corrected chi connectivity index (χ1v) is 5.00. The van der Waals surface area contributed by atoms with Crippen LogP contribution in [0.5, 0.6) is 0 Å². The first-order valence-electron chi connectivity index (χ1n) is 5.00. The number of nitrogens with zero attached hydrogens (tertiary/aromatic N) is 2. The number of benzene rings is 1. The third kappa shape index (κ3) is 3.98. The van der Waals surface area contributed by atoms with Crippen molar-refractivity contribution < 1.29 is 10.3 Å². The smallest absolute Gasteiger partial charge is 0.291 e. The van der Waals surface area contributed by atoms with Crippen LogP contribution >= 0.6 is 0 Å². The minimum absolute atomic E-state index is 0.182. The van der Waals surface area contributed by atoms with Crippen LogP contribution < -0.4 is 11.5 Å².